The molecule has 3 unspecified atom stereocenters. The summed E-state index contributed by atoms with van der Waals surface area (Å²) in [5.41, 5.74) is 0.144. The summed E-state index contributed by atoms with van der Waals surface area (Å²) >= 11 is 0. The molecule has 1 aromatic heterocycles. The number of hydrogen-bond donors (Lipinski definition) is 2. The molecule has 3 atom stereocenters. The zero-order valence-electron chi connectivity index (χ0n) is 12.0. The molecule has 0 aromatic carbocycles. The van der Waals surface area contributed by atoms with Gasteiger partial charge in [-0.1, -0.05) is 20.3 Å². The van der Waals surface area contributed by atoms with Crippen molar-refractivity contribution in [1.29, 1.82) is 0 Å². The summed E-state index contributed by atoms with van der Waals surface area (Å²) in [5.74, 6) is 0.0504. The van der Waals surface area contributed by atoms with Gasteiger partial charge in [-0.2, -0.15) is 0 Å². The van der Waals surface area contributed by atoms with Crippen molar-refractivity contribution in [3.63, 3.8) is 0 Å². The van der Waals surface area contributed by atoms with E-state index in [2.05, 4.69) is 19.2 Å². The van der Waals surface area contributed by atoms with Gasteiger partial charge in [-0.3, -0.25) is 4.79 Å². The normalized spacial score (nSPS) is 25.6. The van der Waals surface area contributed by atoms with Gasteiger partial charge in [0.1, 0.15) is 12.2 Å². The SMILES string of the molecule is CCC1CCC(NC(=O)Cn2cccc2C(=O)O)C1C. The number of carbonyl (C=O) groups excluding carboxylic acids is 1. The van der Waals surface area contributed by atoms with E-state index in [4.69, 9.17) is 5.11 Å². The minimum Gasteiger partial charge on any atom is -0.477 e. The Morgan fingerprint density at radius 2 is 2.20 bits per heavy atom. The van der Waals surface area contributed by atoms with E-state index in [0.717, 1.165) is 19.3 Å². The van der Waals surface area contributed by atoms with Gasteiger partial charge >= 0.3 is 5.97 Å². The van der Waals surface area contributed by atoms with Crippen molar-refractivity contribution >= 4 is 11.9 Å². The number of aromatic carboxylic acids is 1. The Bertz CT molecular complexity index is 495. The lowest BCUT2D eigenvalue weighted by molar-refractivity contribution is -0.122. The van der Waals surface area contributed by atoms with Crippen LogP contribution in [0, 0.1) is 11.8 Å². The third-order valence-electron chi connectivity index (χ3n) is 4.46. The fraction of sp³-hybridized carbons (Fsp3) is 0.600. The van der Waals surface area contributed by atoms with Gasteiger partial charge < -0.3 is 15.0 Å². The topological polar surface area (TPSA) is 71.3 Å². The first kappa shape index (κ1) is 14.6. The second-order valence-electron chi connectivity index (χ2n) is 5.61. The quantitative estimate of drug-likeness (QED) is 0.866. The molecule has 0 saturated heterocycles. The largest absolute Gasteiger partial charge is 0.477 e. The van der Waals surface area contributed by atoms with Crippen molar-refractivity contribution in [2.24, 2.45) is 11.8 Å². The highest BCUT2D eigenvalue weighted by Gasteiger charge is 2.32. The first-order valence-corrected chi connectivity index (χ1v) is 7.20. The number of carbonyl (C=O) groups is 2. The molecule has 5 heteroatoms. The maximum atomic E-state index is 12.1. The number of rotatable bonds is 5. The summed E-state index contributed by atoms with van der Waals surface area (Å²) in [4.78, 5) is 23.0. The molecule has 0 bridgehead atoms. The monoisotopic (exact) mass is 278 g/mol. The first-order valence-electron chi connectivity index (χ1n) is 7.20. The lowest BCUT2D eigenvalue weighted by atomic mass is 9.93. The summed E-state index contributed by atoms with van der Waals surface area (Å²) in [7, 11) is 0. The Balaban J connectivity index is 1.93. The highest BCUT2D eigenvalue weighted by atomic mass is 16.4. The molecule has 1 fully saturated rings. The van der Waals surface area contributed by atoms with Crippen LogP contribution in [0.5, 0.6) is 0 Å². The minimum atomic E-state index is -1.01. The van der Waals surface area contributed by atoms with E-state index in [1.54, 1.807) is 12.3 Å². The maximum absolute atomic E-state index is 12.1. The average Bonchev–Trinajstić information content (AvgIpc) is 2.98. The van der Waals surface area contributed by atoms with Gasteiger partial charge in [0.2, 0.25) is 5.91 Å². The van der Waals surface area contributed by atoms with Gasteiger partial charge in [0.05, 0.1) is 0 Å². The van der Waals surface area contributed by atoms with Gasteiger partial charge in [-0.25, -0.2) is 4.79 Å². The molecule has 1 saturated carbocycles. The maximum Gasteiger partial charge on any atom is 0.352 e. The van der Waals surface area contributed by atoms with Crippen LogP contribution < -0.4 is 5.32 Å². The molecule has 0 aliphatic heterocycles. The van der Waals surface area contributed by atoms with Crippen LogP contribution in [0.2, 0.25) is 0 Å². The Morgan fingerprint density at radius 1 is 1.45 bits per heavy atom. The molecule has 110 valence electrons. The van der Waals surface area contributed by atoms with Crippen LogP contribution >= 0.6 is 0 Å². The fourth-order valence-corrected chi connectivity index (χ4v) is 3.18. The number of carboxylic acid groups (broad SMARTS) is 1. The number of carboxylic acids is 1. The molecule has 1 aromatic rings. The minimum absolute atomic E-state index is 0.0641. The summed E-state index contributed by atoms with van der Waals surface area (Å²) in [6.07, 6.45) is 4.94. The Hall–Kier alpha value is -1.78. The molecule has 5 nitrogen and oxygen atoms in total. The molecule has 1 aliphatic rings. The van der Waals surface area contributed by atoms with Gasteiger partial charge in [0.25, 0.3) is 0 Å². The van der Waals surface area contributed by atoms with E-state index in [-0.39, 0.29) is 24.2 Å². The van der Waals surface area contributed by atoms with Crippen molar-refractivity contribution in [3.05, 3.63) is 24.0 Å². The smallest absolute Gasteiger partial charge is 0.352 e. The third kappa shape index (κ3) is 3.03. The van der Waals surface area contributed by atoms with Gasteiger partial charge in [-0.15, -0.1) is 0 Å². The molecule has 20 heavy (non-hydrogen) atoms. The summed E-state index contributed by atoms with van der Waals surface area (Å²) in [6.45, 7) is 4.43. The average molecular weight is 278 g/mol. The van der Waals surface area contributed by atoms with Gasteiger partial charge in [0, 0.05) is 12.2 Å². The molecule has 1 aliphatic carbocycles. The first-order chi connectivity index (χ1) is 9.52. The van der Waals surface area contributed by atoms with Crippen LogP contribution in [0.15, 0.2) is 18.3 Å². The van der Waals surface area contributed by atoms with Crippen LogP contribution in [0.3, 0.4) is 0 Å². The van der Waals surface area contributed by atoms with Crippen LogP contribution in [-0.2, 0) is 11.3 Å². The Kier molecular flexibility index (Phi) is 4.47. The highest BCUT2D eigenvalue weighted by Crippen LogP contribution is 2.33. The molecule has 1 heterocycles. The van der Waals surface area contributed by atoms with E-state index in [9.17, 15) is 9.59 Å². The second kappa shape index (κ2) is 6.11. The van der Waals surface area contributed by atoms with Crippen LogP contribution in [0.4, 0.5) is 0 Å². The molecular formula is C15H22N2O3. The summed E-state index contributed by atoms with van der Waals surface area (Å²) in [5, 5.41) is 12.1. The third-order valence-corrected chi connectivity index (χ3v) is 4.46. The molecule has 1 amide bonds. The number of nitrogens with one attached hydrogen (secondary N) is 1. The number of amides is 1. The predicted molar refractivity (Wildman–Crippen MR) is 75.5 cm³/mol. The molecule has 2 N–H and O–H groups in total. The number of nitrogens with zero attached hydrogens (tertiary/aromatic N) is 1. The fourth-order valence-electron chi connectivity index (χ4n) is 3.18. The van der Waals surface area contributed by atoms with Crippen molar-refractivity contribution < 1.29 is 14.7 Å². The summed E-state index contributed by atoms with van der Waals surface area (Å²) < 4.78 is 1.47. The Morgan fingerprint density at radius 3 is 2.80 bits per heavy atom. The van der Waals surface area contributed by atoms with Crippen LogP contribution in [0.1, 0.15) is 43.6 Å². The Labute approximate surface area is 119 Å². The van der Waals surface area contributed by atoms with Crippen molar-refractivity contribution in [2.75, 3.05) is 0 Å². The molecular weight excluding hydrogens is 256 g/mol. The van der Waals surface area contributed by atoms with Crippen molar-refractivity contribution in [1.82, 2.24) is 9.88 Å². The molecule has 2 rings (SSSR count). The van der Waals surface area contributed by atoms with E-state index in [1.165, 1.54) is 10.6 Å². The van der Waals surface area contributed by atoms with Crippen molar-refractivity contribution in [2.45, 2.75) is 45.7 Å². The number of aromatic nitrogens is 1. The summed E-state index contributed by atoms with van der Waals surface area (Å²) in [6, 6.07) is 3.36. The zero-order valence-corrected chi connectivity index (χ0v) is 12.0. The van der Waals surface area contributed by atoms with E-state index < -0.39 is 5.97 Å². The predicted octanol–water partition coefficient (Wildman–Crippen LogP) is 2.13. The standard InChI is InChI=1S/C15H22N2O3/c1-3-11-6-7-12(10(11)2)16-14(18)9-17-8-4-5-13(17)15(19)20/h4-5,8,10-12H,3,6-7,9H2,1-2H3,(H,16,18)(H,19,20). The van der Waals surface area contributed by atoms with E-state index >= 15 is 0 Å². The molecule has 0 radical (unpaired) electrons. The van der Waals surface area contributed by atoms with Crippen LogP contribution in [-0.4, -0.2) is 27.6 Å². The van der Waals surface area contributed by atoms with Gasteiger partial charge in [0.15, 0.2) is 0 Å². The zero-order chi connectivity index (χ0) is 14.7. The molecule has 0 spiro atoms. The van der Waals surface area contributed by atoms with Gasteiger partial charge in [-0.05, 0) is 36.8 Å². The highest BCUT2D eigenvalue weighted by molar-refractivity contribution is 5.86. The van der Waals surface area contributed by atoms with Crippen LogP contribution in [0.25, 0.3) is 0 Å². The lowest BCUT2D eigenvalue weighted by Crippen LogP contribution is -2.39. The van der Waals surface area contributed by atoms with E-state index in [1.807, 2.05) is 0 Å². The second-order valence-corrected chi connectivity index (χ2v) is 5.61. The van der Waals surface area contributed by atoms with Crippen molar-refractivity contribution in [3.8, 4) is 0 Å². The number of hydrogen-bond acceptors (Lipinski definition) is 2. The van der Waals surface area contributed by atoms with E-state index in [0.29, 0.717) is 11.8 Å². The lowest BCUT2D eigenvalue weighted by Gasteiger charge is -2.21.